The molecule has 0 aliphatic carbocycles. The summed E-state index contributed by atoms with van der Waals surface area (Å²) < 4.78 is 0. The number of carbonyl (C=O) groups excluding carboxylic acids is 2. The number of nitrogens with one attached hydrogen (secondary N) is 1. The predicted molar refractivity (Wildman–Crippen MR) is 103 cm³/mol. The molecule has 8 nitrogen and oxygen atoms in total. The van der Waals surface area contributed by atoms with Crippen molar-refractivity contribution in [3.8, 4) is 6.19 Å². The normalized spacial score (nSPS) is 15.9. The van der Waals surface area contributed by atoms with Crippen molar-refractivity contribution in [1.29, 1.82) is 5.26 Å². The minimum atomic E-state index is -0.734. The van der Waals surface area contributed by atoms with Gasteiger partial charge >= 0.3 is 0 Å². The topological polar surface area (TPSA) is 92.6 Å². The Morgan fingerprint density at radius 3 is 2.59 bits per heavy atom. The van der Waals surface area contributed by atoms with E-state index in [2.05, 4.69) is 27.1 Å². The highest BCUT2D eigenvalue weighted by Crippen LogP contribution is 2.15. The fraction of sp³-hybridized carbons (Fsp3) is 0.579. The summed E-state index contributed by atoms with van der Waals surface area (Å²) >= 11 is 0. The summed E-state index contributed by atoms with van der Waals surface area (Å²) in [5.74, 6) is 0.215. The van der Waals surface area contributed by atoms with Crippen LogP contribution in [0.2, 0.25) is 0 Å². The molecule has 1 aliphatic heterocycles. The van der Waals surface area contributed by atoms with Crippen LogP contribution in [-0.4, -0.2) is 72.9 Å². The molecule has 2 rings (SSSR count). The number of likely N-dealkylation sites (N-methyl/N-ethyl adjacent to an activating group) is 2. The van der Waals surface area contributed by atoms with E-state index in [1.807, 2.05) is 13.8 Å². The molecule has 1 N–H and O–H groups in total. The van der Waals surface area contributed by atoms with Crippen molar-refractivity contribution in [1.82, 2.24) is 20.1 Å². The van der Waals surface area contributed by atoms with Gasteiger partial charge in [0.15, 0.2) is 6.19 Å². The zero-order valence-corrected chi connectivity index (χ0v) is 16.5. The first kappa shape index (κ1) is 20.6. The summed E-state index contributed by atoms with van der Waals surface area (Å²) in [7, 11) is 3.48. The van der Waals surface area contributed by atoms with Gasteiger partial charge in [-0.05, 0) is 31.5 Å². The fourth-order valence-corrected chi connectivity index (χ4v) is 2.99. The zero-order valence-electron chi connectivity index (χ0n) is 16.5. The van der Waals surface area contributed by atoms with Gasteiger partial charge in [0, 0.05) is 45.0 Å². The van der Waals surface area contributed by atoms with Gasteiger partial charge in [-0.3, -0.25) is 14.5 Å². The van der Waals surface area contributed by atoms with Gasteiger partial charge < -0.3 is 15.1 Å². The molecule has 1 aromatic heterocycles. The van der Waals surface area contributed by atoms with Crippen molar-refractivity contribution in [2.24, 2.45) is 5.92 Å². The lowest BCUT2D eigenvalue weighted by molar-refractivity contribution is -0.129. The van der Waals surface area contributed by atoms with Gasteiger partial charge in [-0.2, -0.15) is 5.26 Å². The van der Waals surface area contributed by atoms with Gasteiger partial charge in [-0.1, -0.05) is 13.8 Å². The van der Waals surface area contributed by atoms with E-state index in [0.717, 1.165) is 36.9 Å². The Labute approximate surface area is 160 Å². The Bertz CT molecular complexity index is 706. The molecule has 1 aliphatic rings. The van der Waals surface area contributed by atoms with Gasteiger partial charge in [-0.25, -0.2) is 4.98 Å². The molecular formula is C19H28N6O2. The third-order valence-electron chi connectivity index (χ3n) is 4.63. The van der Waals surface area contributed by atoms with E-state index >= 15 is 0 Å². The highest BCUT2D eigenvalue weighted by Gasteiger charge is 2.26. The van der Waals surface area contributed by atoms with Crippen molar-refractivity contribution < 1.29 is 9.59 Å². The molecule has 1 fully saturated rings. The summed E-state index contributed by atoms with van der Waals surface area (Å²) in [5, 5.41) is 11.7. The number of pyridine rings is 1. The number of anilines is 1. The predicted octanol–water partition coefficient (Wildman–Crippen LogP) is 0.917. The lowest BCUT2D eigenvalue weighted by Crippen LogP contribution is -2.47. The van der Waals surface area contributed by atoms with E-state index in [4.69, 9.17) is 5.26 Å². The van der Waals surface area contributed by atoms with E-state index in [-0.39, 0.29) is 11.8 Å². The van der Waals surface area contributed by atoms with Crippen molar-refractivity contribution in [3.63, 3.8) is 0 Å². The molecule has 0 radical (unpaired) electrons. The number of nitriles is 1. The number of amides is 2. The van der Waals surface area contributed by atoms with Crippen LogP contribution in [0.1, 0.15) is 30.6 Å². The van der Waals surface area contributed by atoms with Crippen LogP contribution in [0.15, 0.2) is 18.3 Å². The van der Waals surface area contributed by atoms with Crippen LogP contribution in [0.4, 0.5) is 5.82 Å². The summed E-state index contributed by atoms with van der Waals surface area (Å²) in [6, 6.07) is 2.66. The van der Waals surface area contributed by atoms with E-state index < -0.39 is 11.9 Å². The average molecular weight is 372 g/mol. The number of aromatic nitrogens is 1. The molecule has 2 heterocycles. The molecule has 8 heteroatoms. The maximum Gasteiger partial charge on any atom is 0.257 e. The highest BCUT2D eigenvalue weighted by atomic mass is 16.2. The van der Waals surface area contributed by atoms with Crippen LogP contribution < -0.4 is 10.2 Å². The smallest absolute Gasteiger partial charge is 0.257 e. The van der Waals surface area contributed by atoms with Crippen LogP contribution in [0.25, 0.3) is 0 Å². The quantitative estimate of drug-likeness (QED) is 0.590. The lowest BCUT2D eigenvalue weighted by Gasteiger charge is -2.33. The fourth-order valence-electron chi connectivity index (χ4n) is 2.99. The number of hydrogen-bond acceptors (Lipinski definition) is 6. The number of piperazine rings is 1. The first-order valence-electron chi connectivity index (χ1n) is 9.19. The zero-order chi connectivity index (χ0) is 20.0. The Balaban J connectivity index is 2.12. The van der Waals surface area contributed by atoms with Gasteiger partial charge in [0.05, 0.1) is 0 Å². The molecule has 0 saturated carbocycles. The van der Waals surface area contributed by atoms with Crippen molar-refractivity contribution in [3.05, 3.63) is 23.9 Å². The van der Waals surface area contributed by atoms with Crippen LogP contribution in [0.5, 0.6) is 0 Å². The van der Waals surface area contributed by atoms with Gasteiger partial charge in [0.2, 0.25) is 0 Å². The first-order chi connectivity index (χ1) is 12.8. The monoisotopic (exact) mass is 372 g/mol. The molecule has 0 aromatic carbocycles. The number of carbonyl (C=O) groups is 2. The van der Waals surface area contributed by atoms with Crippen LogP contribution >= 0.6 is 0 Å². The van der Waals surface area contributed by atoms with Crippen LogP contribution in [0.3, 0.4) is 0 Å². The third kappa shape index (κ3) is 5.66. The minimum absolute atomic E-state index is 0.199. The van der Waals surface area contributed by atoms with Crippen LogP contribution in [0, 0.1) is 17.4 Å². The van der Waals surface area contributed by atoms with Crippen molar-refractivity contribution >= 4 is 17.6 Å². The largest absolute Gasteiger partial charge is 0.354 e. The summed E-state index contributed by atoms with van der Waals surface area (Å²) in [6.45, 7) is 7.55. The molecule has 0 bridgehead atoms. The standard InChI is InChI=1S/C19H28N6O2/c1-14(2)11-16(19(27)24(4)13-20)22-18(26)15-5-6-21-17(12-15)25-9-7-23(3)8-10-25/h5-6,12,14,16H,7-11H2,1-4H3,(H,22,26)/t16-/m0/s1. The maximum atomic E-state index is 12.7. The third-order valence-corrected chi connectivity index (χ3v) is 4.63. The molecule has 146 valence electrons. The molecule has 2 amide bonds. The number of rotatable bonds is 6. The average Bonchev–Trinajstić information content (AvgIpc) is 2.66. The number of hydrogen-bond donors (Lipinski definition) is 1. The van der Waals surface area contributed by atoms with E-state index in [0.29, 0.717) is 12.0 Å². The molecule has 1 aromatic rings. The Hall–Kier alpha value is -2.66. The number of nitrogens with zero attached hydrogens (tertiary/aromatic N) is 5. The summed E-state index contributed by atoms with van der Waals surface area (Å²) in [6.07, 6.45) is 3.88. The second-order valence-corrected chi connectivity index (χ2v) is 7.35. The summed E-state index contributed by atoms with van der Waals surface area (Å²) in [4.78, 5) is 34.8. The van der Waals surface area contributed by atoms with Gasteiger partial charge in [-0.15, -0.1) is 0 Å². The van der Waals surface area contributed by atoms with Gasteiger partial charge in [0.25, 0.3) is 11.8 Å². The van der Waals surface area contributed by atoms with Crippen LogP contribution in [-0.2, 0) is 4.79 Å². The van der Waals surface area contributed by atoms with E-state index in [1.165, 1.54) is 7.05 Å². The molecule has 0 spiro atoms. The molecule has 27 heavy (non-hydrogen) atoms. The molecule has 1 atom stereocenters. The van der Waals surface area contributed by atoms with E-state index in [1.54, 1.807) is 24.5 Å². The van der Waals surface area contributed by atoms with Gasteiger partial charge in [0.1, 0.15) is 11.9 Å². The Morgan fingerprint density at radius 1 is 1.33 bits per heavy atom. The molecule has 1 saturated heterocycles. The van der Waals surface area contributed by atoms with E-state index in [9.17, 15) is 9.59 Å². The Kier molecular flexibility index (Phi) is 7.13. The maximum absolute atomic E-state index is 12.7. The first-order valence-corrected chi connectivity index (χ1v) is 9.19. The molecule has 0 unspecified atom stereocenters. The molecular weight excluding hydrogens is 344 g/mol. The summed E-state index contributed by atoms with van der Waals surface area (Å²) in [5.41, 5.74) is 0.458. The minimum Gasteiger partial charge on any atom is -0.354 e. The SMILES string of the molecule is CC(C)C[C@H](NC(=O)c1ccnc(N2CCN(C)CC2)c1)C(=O)N(C)C#N. The van der Waals surface area contributed by atoms with Crippen molar-refractivity contribution in [2.45, 2.75) is 26.3 Å². The Morgan fingerprint density at radius 2 is 2.00 bits per heavy atom. The lowest BCUT2D eigenvalue weighted by atomic mass is 10.0. The second-order valence-electron chi connectivity index (χ2n) is 7.35. The highest BCUT2D eigenvalue weighted by molar-refractivity contribution is 5.98. The second kappa shape index (κ2) is 9.33. The van der Waals surface area contributed by atoms with Crippen molar-refractivity contribution in [2.75, 3.05) is 45.2 Å².